The van der Waals surface area contributed by atoms with Crippen LogP contribution in [0, 0.1) is 5.82 Å². The molecule has 0 radical (unpaired) electrons. The molecule has 0 aliphatic carbocycles. The Bertz CT molecular complexity index is 396. The number of nitrogens with two attached hydrogens (primary N) is 1. The predicted octanol–water partition coefficient (Wildman–Crippen LogP) is 1.56. The lowest BCUT2D eigenvalue weighted by Gasteiger charge is -2.16. The van der Waals surface area contributed by atoms with Crippen LogP contribution in [-0.2, 0) is 4.74 Å². The summed E-state index contributed by atoms with van der Waals surface area (Å²) in [5.74, 6) is -1.05. The van der Waals surface area contributed by atoms with Crippen LogP contribution in [0.3, 0.4) is 0 Å². The van der Waals surface area contributed by atoms with Crippen molar-refractivity contribution in [3.8, 4) is 0 Å². The highest BCUT2D eigenvalue weighted by Gasteiger charge is 2.15. The monoisotopic (exact) mass is 240 g/mol. The maximum absolute atomic E-state index is 13.4. The van der Waals surface area contributed by atoms with Gasteiger partial charge in [0.1, 0.15) is 5.82 Å². The Kier molecular flexibility index (Phi) is 4.90. The molecular weight excluding hydrogens is 223 g/mol. The number of ether oxygens (including phenoxy) is 1. The van der Waals surface area contributed by atoms with Crippen molar-refractivity contribution in [2.24, 2.45) is 0 Å². The number of halogens is 1. The number of nitrogen functional groups attached to an aromatic ring is 1. The molecule has 0 spiro atoms. The smallest absolute Gasteiger partial charge is 0.254 e. The molecule has 0 saturated carbocycles. The van der Waals surface area contributed by atoms with E-state index in [9.17, 15) is 9.18 Å². The summed E-state index contributed by atoms with van der Waals surface area (Å²) in [6.07, 6.45) is 0.712. The quantitative estimate of drug-likeness (QED) is 0.768. The number of hydrogen-bond acceptors (Lipinski definition) is 3. The highest BCUT2D eigenvalue weighted by atomic mass is 19.1. The zero-order valence-electron chi connectivity index (χ0n) is 10.00. The summed E-state index contributed by atoms with van der Waals surface area (Å²) in [4.78, 5) is 11.8. The van der Waals surface area contributed by atoms with Crippen molar-refractivity contribution in [3.05, 3.63) is 29.6 Å². The van der Waals surface area contributed by atoms with E-state index in [0.29, 0.717) is 18.7 Å². The van der Waals surface area contributed by atoms with Gasteiger partial charge in [0.05, 0.1) is 18.2 Å². The molecule has 1 atom stereocenters. The van der Waals surface area contributed by atoms with E-state index in [2.05, 4.69) is 5.32 Å². The molecule has 4 nitrogen and oxygen atoms in total. The summed E-state index contributed by atoms with van der Waals surface area (Å²) >= 11 is 0. The Morgan fingerprint density at radius 1 is 1.59 bits per heavy atom. The Balaban J connectivity index is 2.78. The molecule has 0 aliphatic heterocycles. The fraction of sp³-hybridized carbons (Fsp3) is 0.417. The van der Waals surface area contributed by atoms with Crippen molar-refractivity contribution in [1.29, 1.82) is 0 Å². The molecule has 94 valence electrons. The van der Waals surface area contributed by atoms with E-state index in [1.165, 1.54) is 18.2 Å². The van der Waals surface area contributed by atoms with Gasteiger partial charge in [-0.15, -0.1) is 0 Å². The average Bonchev–Trinajstić information content (AvgIpc) is 2.31. The largest absolute Gasteiger partial charge is 0.399 e. The SMILES string of the molecule is CCC(COC)NC(=O)c1cc(N)ccc1F. The van der Waals surface area contributed by atoms with Gasteiger partial charge >= 0.3 is 0 Å². The summed E-state index contributed by atoms with van der Waals surface area (Å²) in [6.45, 7) is 2.31. The first-order valence-corrected chi connectivity index (χ1v) is 5.43. The number of methoxy groups -OCH3 is 1. The van der Waals surface area contributed by atoms with E-state index >= 15 is 0 Å². The van der Waals surface area contributed by atoms with Crippen LogP contribution in [0.5, 0.6) is 0 Å². The molecule has 0 aromatic heterocycles. The summed E-state index contributed by atoms with van der Waals surface area (Å²) in [5.41, 5.74) is 5.83. The summed E-state index contributed by atoms with van der Waals surface area (Å²) in [5, 5.41) is 2.69. The Morgan fingerprint density at radius 2 is 2.29 bits per heavy atom. The van der Waals surface area contributed by atoms with Gasteiger partial charge in [-0.2, -0.15) is 0 Å². The first-order valence-electron chi connectivity index (χ1n) is 5.43. The summed E-state index contributed by atoms with van der Waals surface area (Å²) in [7, 11) is 1.55. The minimum Gasteiger partial charge on any atom is -0.399 e. The van der Waals surface area contributed by atoms with Gasteiger partial charge in [-0.3, -0.25) is 4.79 Å². The van der Waals surface area contributed by atoms with Gasteiger partial charge in [-0.25, -0.2) is 4.39 Å². The van der Waals surface area contributed by atoms with Crippen LogP contribution in [0.1, 0.15) is 23.7 Å². The van der Waals surface area contributed by atoms with E-state index < -0.39 is 11.7 Å². The molecule has 17 heavy (non-hydrogen) atoms. The normalized spacial score (nSPS) is 12.2. The van der Waals surface area contributed by atoms with E-state index in [4.69, 9.17) is 10.5 Å². The second-order valence-electron chi connectivity index (χ2n) is 3.77. The first-order chi connectivity index (χ1) is 8.08. The van der Waals surface area contributed by atoms with Crippen LogP contribution >= 0.6 is 0 Å². The highest BCUT2D eigenvalue weighted by Crippen LogP contribution is 2.12. The van der Waals surface area contributed by atoms with E-state index in [1.54, 1.807) is 7.11 Å². The molecule has 0 bridgehead atoms. The minimum atomic E-state index is -0.580. The van der Waals surface area contributed by atoms with E-state index in [0.717, 1.165) is 0 Å². The number of carbonyl (C=O) groups is 1. The van der Waals surface area contributed by atoms with Crippen molar-refractivity contribution in [2.75, 3.05) is 19.5 Å². The number of anilines is 1. The number of amides is 1. The summed E-state index contributed by atoms with van der Waals surface area (Å²) < 4.78 is 18.4. The Labute approximate surface area is 100.0 Å². The van der Waals surface area contributed by atoms with Crippen LogP contribution in [0.25, 0.3) is 0 Å². The standard InChI is InChI=1S/C12H17FN2O2/c1-3-9(7-17-2)15-12(16)10-6-8(14)4-5-11(10)13/h4-6,9H,3,7,14H2,1-2H3,(H,15,16). The zero-order valence-corrected chi connectivity index (χ0v) is 10.00. The lowest BCUT2D eigenvalue weighted by Crippen LogP contribution is -2.37. The molecule has 1 rings (SSSR count). The number of rotatable bonds is 5. The Morgan fingerprint density at radius 3 is 2.88 bits per heavy atom. The van der Waals surface area contributed by atoms with Crippen molar-refractivity contribution in [2.45, 2.75) is 19.4 Å². The van der Waals surface area contributed by atoms with E-state index in [1.807, 2.05) is 6.92 Å². The maximum Gasteiger partial charge on any atom is 0.254 e. The van der Waals surface area contributed by atoms with Crippen LogP contribution in [0.2, 0.25) is 0 Å². The fourth-order valence-corrected chi connectivity index (χ4v) is 1.44. The van der Waals surface area contributed by atoms with Gasteiger partial charge in [0.15, 0.2) is 0 Å². The molecule has 0 fully saturated rings. The number of hydrogen-bond donors (Lipinski definition) is 2. The van der Waals surface area contributed by atoms with Gasteiger partial charge in [-0.05, 0) is 24.6 Å². The van der Waals surface area contributed by atoms with Crippen molar-refractivity contribution < 1.29 is 13.9 Å². The molecule has 0 aliphatic rings. The molecule has 3 N–H and O–H groups in total. The van der Waals surface area contributed by atoms with Crippen molar-refractivity contribution in [1.82, 2.24) is 5.32 Å². The fourth-order valence-electron chi connectivity index (χ4n) is 1.44. The molecular formula is C12H17FN2O2. The van der Waals surface area contributed by atoms with Gasteiger partial charge in [0.2, 0.25) is 0 Å². The second-order valence-corrected chi connectivity index (χ2v) is 3.77. The third-order valence-electron chi connectivity index (χ3n) is 2.43. The van der Waals surface area contributed by atoms with Gasteiger partial charge in [0, 0.05) is 12.8 Å². The highest BCUT2D eigenvalue weighted by molar-refractivity contribution is 5.95. The Hall–Kier alpha value is -1.62. The lowest BCUT2D eigenvalue weighted by molar-refractivity contribution is 0.0890. The third kappa shape index (κ3) is 3.71. The average molecular weight is 240 g/mol. The lowest BCUT2D eigenvalue weighted by atomic mass is 10.1. The maximum atomic E-state index is 13.4. The number of nitrogens with one attached hydrogen (secondary N) is 1. The van der Waals surface area contributed by atoms with Crippen LogP contribution in [-0.4, -0.2) is 25.7 Å². The molecule has 1 unspecified atom stereocenters. The summed E-state index contributed by atoms with van der Waals surface area (Å²) in [6, 6.07) is 3.79. The number of carbonyl (C=O) groups excluding carboxylic acids is 1. The molecule has 0 heterocycles. The van der Waals surface area contributed by atoms with Gasteiger partial charge < -0.3 is 15.8 Å². The van der Waals surface area contributed by atoms with Crippen molar-refractivity contribution in [3.63, 3.8) is 0 Å². The van der Waals surface area contributed by atoms with Crippen molar-refractivity contribution >= 4 is 11.6 Å². The topological polar surface area (TPSA) is 64.3 Å². The third-order valence-corrected chi connectivity index (χ3v) is 2.43. The molecule has 5 heteroatoms. The molecule has 1 aromatic rings. The van der Waals surface area contributed by atoms with Crippen LogP contribution in [0.15, 0.2) is 18.2 Å². The van der Waals surface area contributed by atoms with Gasteiger partial charge in [-0.1, -0.05) is 6.92 Å². The van der Waals surface area contributed by atoms with Gasteiger partial charge in [0.25, 0.3) is 5.91 Å². The van der Waals surface area contributed by atoms with Crippen LogP contribution in [0.4, 0.5) is 10.1 Å². The second kappa shape index (κ2) is 6.20. The predicted molar refractivity (Wildman–Crippen MR) is 64.2 cm³/mol. The molecule has 1 aromatic carbocycles. The zero-order chi connectivity index (χ0) is 12.8. The van der Waals surface area contributed by atoms with E-state index in [-0.39, 0.29) is 11.6 Å². The molecule has 0 saturated heterocycles. The number of benzene rings is 1. The molecule has 1 amide bonds. The first kappa shape index (κ1) is 13.4. The van der Waals surface area contributed by atoms with Crippen LogP contribution < -0.4 is 11.1 Å². The minimum absolute atomic E-state index is 0.0421.